The molecule has 0 spiro atoms. The van der Waals surface area contributed by atoms with Crippen LogP contribution in [0.3, 0.4) is 0 Å². The van der Waals surface area contributed by atoms with Crippen LogP contribution in [0.4, 0.5) is 0 Å². The van der Waals surface area contributed by atoms with Gasteiger partial charge in [-0.15, -0.1) is 0 Å². The topological polar surface area (TPSA) is 0 Å². The Labute approximate surface area is 119 Å². The lowest BCUT2D eigenvalue weighted by Crippen LogP contribution is -2.28. The zero-order chi connectivity index (χ0) is 12.8. The molecule has 0 aliphatic heterocycles. The normalized spacial score (nSPS) is 50.4. The zero-order valence-electron chi connectivity index (χ0n) is 12.8. The van der Waals surface area contributed by atoms with Crippen LogP contribution in [-0.4, -0.2) is 0 Å². The lowest BCUT2D eigenvalue weighted by molar-refractivity contribution is 0.125. The maximum absolute atomic E-state index is 2.62. The standard InChI is InChI=1S/C19H32/c1-13(17-9-4-8-16-12-19(16)17)11-15-7-2-5-14-6-3-10-18(14)15/h13-19H,2-12H2,1H3. The van der Waals surface area contributed by atoms with Crippen molar-refractivity contribution >= 4 is 0 Å². The SMILES string of the molecule is CC(CC1CCCC2CCCC21)C1CCCC2CC21. The third-order valence-electron chi connectivity index (χ3n) is 7.52. The second-order valence-electron chi connectivity index (χ2n) is 8.51. The Morgan fingerprint density at radius 1 is 0.789 bits per heavy atom. The summed E-state index contributed by atoms with van der Waals surface area (Å²) < 4.78 is 0. The highest BCUT2D eigenvalue weighted by molar-refractivity contribution is 4.97. The van der Waals surface area contributed by atoms with Gasteiger partial charge in [-0.3, -0.25) is 0 Å². The molecule has 0 N–H and O–H groups in total. The highest BCUT2D eigenvalue weighted by Crippen LogP contribution is 2.56. The molecule has 0 amide bonds. The third-order valence-corrected chi connectivity index (χ3v) is 7.52. The molecule has 0 heteroatoms. The maximum atomic E-state index is 2.62. The second-order valence-corrected chi connectivity index (χ2v) is 8.51. The van der Waals surface area contributed by atoms with Crippen LogP contribution in [0.25, 0.3) is 0 Å². The Kier molecular flexibility index (Phi) is 3.40. The van der Waals surface area contributed by atoms with Gasteiger partial charge in [-0.05, 0) is 67.1 Å². The van der Waals surface area contributed by atoms with Crippen molar-refractivity contribution in [1.29, 1.82) is 0 Å². The van der Waals surface area contributed by atoms with E-state index in [0.717, 1.165) is 29.6 Å². The van der Waals surface area contributed by atoms with Crippen LogP contribution in [0.2, 0.25) is 0 Å². The number of hydrogen-bond acceptors (Lipinski definition) is 0. The van der Waals surface area contributed by atoms with Crippen LogP contribution < -0.4 is 0 Å². The van der Waals surface area contributed by atoms with Crippen molar-refractivity contribution < 1.29 is 0 Å². The molecule has 4 fully saturated rings. The van der Waals surface area contributed by atoms with Gasteiger partial charge in [-0.1, -0.05) is 51.9 Å². The van der Waals surface area contributed by atoms with E-state index in [4.69, 9.17) is 0 Å². The van der Waals surface area contributed by atoms with Crippen molar-refractivity contribution in [2.45, 2.75) is 77.6 Å². The molecule has 0 aromatic carbocycles. The summed E-state index contributed by atoms with van der Waals surface area (Å²) in [6.07, 6.45) is 17.3. The molecule has 7 atom stereocenters. The zero-order valence-corrected chi connectivity index (χ0v) is 12.8. The summed E-state index contributed by atoms with van der Waals surface area (Å²) in [5.41, 5.74) is 0. The molecule has 7 unspecified atom stereocenters. The molecule has 4 aliphatic rings. The summed E-state index contributed by atoms with van der Waals surface area (Å²) in [6.45, 7) is 2.62. The van der Waals surface area contributed by atoms with Gasteiger partial charge < -0.3 is 0 Å². The number of fused-ring (bicyclic) bond motifs is 2. The monoisotopic (exact) mass is 260 g/mol. The fraction of sp³-hybridized carbons (Fsp3) is 1.00. The molecule has 4 aliphatic carbocycles. The smallest absolute Gasteiger partial charge is 0.0352 e. The summed E-state index contributed by atoms with van der Waals surface area (Å²) in [6, 6.07) is 0. The van der Waals surface area contributed by atoms with E-state index < -0.39 is 0 Å². The first kappa shape index (κ1) is 12.7. The summed E-state index contributed by atoms with van der Waals surface area (Å²) >= 11 is 0. The first-order valence-corrected chi connectivity index (χ1v) is 9.33. The van der Waals surface area contributed by atoms with E-state index in [2.05, 4.69) is 6.92 Å². The second kappa shape index (κ2) is 5.08. The molecule has 0 aromatic heterocycles. The van der Waals surface area contributed by atoms with Crippen LogP contribution >= 0.6 is 0 Å². The van der Waals surface area contributed by atoms with Gasteiger partial charge >= 0.3 is 0 Å². The summed E-state index contributed by atoms with van der Waals surface area (Å²) in [5, 5.41) is 0. The van der Waals surface area contributed by atoms with Gasteiger partial charge in [0.15, 0.2) is 0 Å². The predicted octanol–water partition coefficient (Wildman–Crippen LogP) is 5.67. The number of hydrogen-bond donors (Lipinski definition) is 0. The van der Waals surface area contributed by atoms with Crippen LogP contribution in [0.15, 0.2) is 0 Å². The predicted molar refractivity (Wildman–Crippen MR) is 80.9 cm³/mol. The fourth-order valence-corrected chi connectivity index (χ4v) is 6.51. The lowest BCUT2D eigenvalue weighted by atomic mass is 9.68. The Balaban J connectivity index is 1.37. The number of rotatable bonds is 3. The van der Waals surface area contributed by atoms with Gasteiger partial charge in [-0.25, -0.2) is 0 Å². The molecule has 0 nitrogen and oxygen atoms in total. The van der Waals surface area contributed by atoms with Crippen LogP contribution in [-0.2, 0) is 0 Å². The molecular formula is C19H32. The molecular weight excluding hydrogens is 228 g/mol. The molecule has 0 saturated heterocycles. The molecule has 4 rings (SSSR count). The molecule has 108 valence electrons. The molecule has 0 heterocycles. The largest absolute Gasteiger partial charge is 0.0622 e. The Morgan fingerprint density at radius 2 is 1.53 bits per heavy atom. The first-order chi connectivity index (χ1) is 9.33. The highest BCUT2D eigenvalue weighted by atomic mass is 14.5. The quantitative estimate of drug-likeness (QED) is 0.613. The summed E-state index contributed by atoms with van der Waals surface area (Å²) in [5.74, 6) is 7.93. The van der Waals surface area contributed by atoms with Crippen molar-refractivity contribution in [3.63, 3.8) is 0 Å². The molecule has 4 saturated carbocycles. The van der Waals surface area contributed by atoms with Crippen molar-refractivity contribution in [3.05, 3.63) is 0 Å². The van der Waals surface area contributed by atoms with Gasteiger partial charge in [0, 0.05) is 0 Å². The van der Waals surface area contributed by atoms with E-state index in [1.54, 1.807) is 70.6 Å². The summed E-state index contributed by atoms with van der Waals surface area (Å²) in [4.78, 5) is 0. The van der Waals surface area contributed by atoms with Crippen molar-refractivity contribution in [2.24, 2.45) is 41.4 Å². The average molecular weight is 260 g/mol. The van der Waals surface area contributed by atoms with Crippen LogP contribution in [0, 0.1) is 41.4 Å². The molecule has 0 bridgehead atoms. The van der Waals surface area contributed by atoms with E-state index in [-0.39, 0.29) is 0 Å². The van der Waals surface area contributed by atoms with Gasteiger partial charge in [0.1, 0.15) is 0 Å². The van der Waals surface area contributed by atoms with Crippen molar-refractivity contribution in [2.75, 3.05) is 0 Å². The Morgan fingerprint density at radius 3 is 2.42 bits per heavy atom. The third kappa shape index (κ3) is 2.38. The van der Waals surface area contributed by atoms with E-state index in [9.17, 15) is 0 Å². The van der Waals surface area contributed by atoms with Gasteiger partial charge in [0.05, 0.1) is 0 Å². The van der Waals surface area contributed by atoms with Crippen molar-refractivity contribution in [3.8, 4) is 0 Å². The van der Waals surface area contributed by atoms with Crippen LogP contribution in [0.5, 0.6) is 0 Å². The summed E-state index contributed by atoms with van der Waals surface area (Å²) in [7, 11) is 0. The average Bonchev–Trinajstić information content (AvgIpc) is 3.06. The van der Waals surface area contributed by atoms with Gasteiger partial charge in [-0.2, -0.15) is 0 Å². The Bertz CT molecular complexity index is 320. The molecule has 19 heavy (non-hydrogen) atoms. The fourth-order valence-electron chi connectivity index (χ4n) is 6.51. The van der Waals surface area contributed by atoms with Crippen molar-refractivity contribution in [1.82, 2.24) is 0 Å². The van der Waals surface area contributed by atoms with E-state index >= 15 is 0 Å². The van der Waals surface area contributed by atoms with Gasteiger partial charge in [0.2, 0.25) is 0 Å². The first-order valence-electron chi connectivity index (χ1n) is 9.33. The Hall–Kier alpha value is 0. The molecule has 0 aromatic rings. The highest BCUT2D eigenvalue weighted by Gasteiger charge is 2.47. The van der Waals surface area contributed by atoms with E-state index in [1.807, 2.05) is 0 Å². The minimum absolute atomic E-state index is 1.04. The van der Waals surface area contributed by atoms with Crippen LogP contribution in [0.1, 0.15) is 77.6 Å². The minimum atomic E-state index is 1.04. The maximum Gasteiger partial charge on any atom is -0.0352 e. The van der Waals surface area contributed by atoms with Gasteiger partial charge in [0.25, 0.3) is 0 Å². The molecule has 0 radical (unpaired) electrons. The lowest BCUT2D eigenvalue weighted by Gasteiger charge is -2.38. The minimum Gasteiger partial charge on any atom is -0.0622 e. The van der Waals surface area contributed by atoms with E-state index in [0.29, 0.717) is 0 Å². The van der Waals surface area contributed by atoms with E-state index in [1.165, 1.54) is 11.8 Å².